The molecule has 4 aromatic rings. The topological polar surface area (TPSA) is 116 Å². The van der Waals surface area contributed by atoms with Crippen LogP contribution in [0, 0.1) is 0 Å². The van der Waals surface area contributed by atoms with Crippen LogP contribution in [0.15, 0.2) is 59.3 Å². The Morgan fingerprint density at radius 3 is 2.57 bits per heavy atom. The van der Waals surface area contributed by atoms with E-state index in [2.05, 4.69) is 10.7 Å². The highest BCUT2D eigenvalue weighted by Crippen LogP contribution is 2.42. The van der Waals surface area contributed by atoms with Gasteiger partial charge in [0.2, 0.25) is 0 Å². The van der Waals surface area contributed by atoms with Crippen LogP contribution in [0.5, 0.6) is 11.5 Å². The Kier molecular flexibility index (Phi) is 6.74. The zero-order valence-corrected chi connectivity index (χ0v) is 21.3. The van der Waals surface area contributed by atoms with E-state index in [0.29, 0.717) is 12.3 Å². The third kappa shape index (κ3) is 5.99. The minimum absolute atomic E-state index is 0.111. The lowest BCUT2D eigenvalue weighted by Gasteiger charge is -2.17. The van der Waals surface area contributed by atoms with Gasteiger partial charge in [0.05, 0.1) is 29.5 Å². The summed E-state index contributed by atoms with van der Waals surface area (Å²) in [6.07, 6.45) is 3.03. The predicted octanol–water partition coefficient (Wildman–Crippen LogP) is 5.13. The van der Waals surface area contributed by atoms with Gasteiger partial charge in [-0.2, -0.15) is 13.6 Å². The number of nitrogens with one attached hydrogen (secondary N) is 1. The van der Waals surface area contributed by atoms with Crippen LogP contribution in [0.3, 0.4) is 0 Å². The highest BCUT2D eigenvalue weighted by atomic mass is 32.2. The molecule has 3 N–H and O–H groups in total. The first-order chi connectivity index (χ1) is 16.9. The molecule has 0 radical (unpaired) electrons. The van der Waals surface area contributed by atoms with E-state index in [-0.39, 0.29) is 11.8 Å². The third-order valence-electron chi connectivity index (χ3n) is 5.58. The lowest BCUT2D eigenvalue weighted by atomic mass is 10.0. The smallest absolute Gasteiger partial charge is 0.380 e. The standard InChI is InChI=1S/C24H24N4O4S3/c1-31-22-5-3-2-4-18(22)20-13-34-24(28-20)27-19(21-14-33-23(26-21)16-8-9-16)12-15-6-10-17(11-7-15)32-35(25,29)30/h2-7,10-11,13-14,16,19H,8-9,12H2,1H3,(H,27,28)(H2,25,29,30). The molecule has 8 nitrogen and oxygen atoms in total. The second kappa shape index (κ2) is 9.94. The van der Waals surface area contributed by atoms with Crippen molar-refractivity contribution in [3.05, 3.63) is 75.6 Å². The number of methoxy groups -OCH3 is 1. The maximum Gasteiger partial charge on any atom is 0.380 e. The van der Waals surface area contributed by atoms with Crippen LogP contribution in [-0.4, -0.2) is 25.5 Å². The van der Waals surface area contributed by atoms with Crippen LogP contribution in [0.1, 0.15) is 41.1 Å². The molecule has 0 bridgehead atoms. The highest BCUT2D eigenvalue weighted by molar-refractivity contribution is 7.84. The minimum atomic E-state index is -4.06. The van der Waals surface area contributed by atoms with Crippen molar-refractivity contribution in [2.24, 2.45) is 5.14 Å². The minimum Gasteiger partial charge on any atom is -0.496 e. The second-order valence-electron chi connectivity index (χ2n) is 8.24. The number of thiazole rings is 2. The summed E-state index contributed by atoms with van der Waals surface area (Å²) >= 11 is 3.23. The number of ether oxygens (including phenoxy) is 1. The summed E-state index contributed by atoms with van der Waals surface area (Å²) < 4.78 is 32.6. The number of nitrogens with two attached hydrogens (primary N) is 1. The van der Waals surface area contributed by atoms with Crippen molar-refractivity contribution < 1.29 is 17.3 Å². The monoisotopic (exact) mass is 528 g/mol. The molecule has 2 heterocycles. The van der Waals surface area contributed by atoms with Crippen LogP contribution in [0.2, 0.25) is 0 Å². The summed E-state index contributed by atoms with van der Waals surface area (Å²) in [5.74, 6) is 1.53. The van der Waals surface area contributed by atoms with E-state index >= 15 is 0 Å². The van der Waals surface area contributed by atoms with Crippen LogP contribution in [0.4, 0.5) is 5.13 Å². The Bertz CT molecular complexity index is 1410. The molecule has 11 heteroatoms. The van der Waals surface area contributed by atoms with E-state index in [4.69, 9.17) is 24.0 Å². The van der Waals surface area contributed by atoms with E-state index in [1.807, 2.05) is 41.8 Å². The van der Waals surface area contributed by atoms with Gasteiger partial charge in [-0.3, -0.25) is 0 Å². The fourth-order valence-corrected chi connectivity index (χ4v) is 5.92. The molecule has 1 aliphatic carbocycles. The van der Waals surface area contributed by atoms with E-state index in [9.17, 15) is 8.42 Å². The Morgan fingerprint density at radius 2 is 1.86 bits per heavy atom. The first kappa shape index (κ1) is 23.7. The molecule has 2 aromatic carbocycles. The van der Waals surface area contributed by atoms with Crippen molar-refractivity contribution in [3.63, 3.8) is 0 Å². The van der Waals surface area contributed by atoms with E-state index in [1.54, 1.807) is 30.6 Å². The number of hydrogen-bond donors (Lipinski definition) is 2. The van der Waals surface area contributed by atoms with Crippen LogP contribution in [-0.2, 0) is 16.7 Å². The normalized spacial score (nSPS) is 14.5. The molecule has 0 aliphatic heterocycles. The van der Waals surface area contributed by atoms with Gasteiger partial charge in [0.25, 0.3) is 0 Å². The van der Waals surface area contributed by atoms with Crippen molar-refractivity contribution in [2.75, 3.05) is 12.4 Å². The van der Waals surface area contributed by atoms with E-state index in [0.717, 1.165) is 33.4 Å². The fraction of sp³-hybridized carbons (Fsp3) is 0.250. The zero-order chi connectivity index (χ0) is 24.4. The summed E-state index contributed by atoms with van der Waals surface area (Å²) in [5.41, 5.74) is 3.74. The maximum absolute atomic E-state index is 11.2. The fourth-order valence-electron chi connectivity index (χ4n) is 3.73. The molecule has 1 aliphatic rings. The summed E-state index contributed by atoms with van der Waals surface area (Å²) in [7, 11) is -2.41. The number of nitrogens with zero attached hydrogens (tertiary/aromatic N) is 2. The average molecular weight is 529 g/mol. The second-order valence-corrected chi connectivity index (χ2v) is 11.1. The molecule has 2 aromatic heterocycles. The summed E-state index contributed by atoms with van der Waals surface area (Å²) in [5, 5.41) is 14.6. The third-order valence-corrected chi connectivity index (χ3v) is 7.81. The van der Waals surface area contributed by atoms with Gasteiger partial charge in [-0.05, 0) is 49.1 Å². The van der Waals surface area contributed by atoms with Gasteiger partial charge in [0.1, 0.15) is 11.5 Å². The molecule has 1 fully saturated rings. The molecule has 5 rings (SSSR count). The van der Waals surface area contributed by atoms with Gasteiger partial charge in [0.15, 0.2) is 5.13 Å². The largest absolute Gasteiger partial charge is 0.496 e. The zero-order valence-electron chi connectivity index (χ0n) is 18.9. The number of para-hydroxylation sites is 1. The number of aromatic nitrogens is 2. The van der Waals surface area contributed by atoms with Crippen molar-refractivity contribution in [1.82, 2.24) is 9.97 Å². The first-order valence-corrected chi connectivity index (χ1v) is 14.2. The number of anilines is 1. The Morgan fingerprint density at radius 1 is 1.09 bits per heavy atom. The molecule has 35 heavy (non-hydrogen) atoms. The van der Waals surface area contributed by atoms with Crippen molar-refractivity contribution in [3.8, 4) is 22.8 Å². The number of rotatable bonds is 10. The molecule has 1 atom stereocenters. The molecule has 0 amide bonds. The number of hydrogen-bond acceptors (Lipinski definition) is 9. The van der Waals surface area contributed by atoms with Crippen molar-refractivity contribution >= 4 is 38.1 Å². The highest BCUT2D eigenvalue weighted by Gasteiger charge is 2.28. The van der Waals surface area contributed by atoms with E-state index in [1.165, 1.54) is 29.2 Å². The lowest BCUT2D eigenvalue weighted by Crippen LogP contribution is -2.19. The summed E-state index contributed by atoms with van der Waals surface area (Å²) in [6, 6.07) is 14.5. The van der Waals surface area contributed by atoms with Crippen LogP contribution >= 0.6 is 22.7 Å². The SMILES string of the molecule is COc1ccccc1-c1csc(NC(Cc2ccc(OS(N)(=O)=O)cc2)c2csc(C3CC3)n2)n1. The molecular weight excluding hydrogens is 504 g/mol. The molecule has 182 valence electrons. The Labute approximate surface area is 212 Å². The average Bonchev–Trinajstić information content (AvgIpc) is 3.38. The van der Waals surface area contributed by atoms with Gasteiger partial charge in [-0.25, -0.2) is 9.97 Å². The van der Waals surface area contributed by atoms with Crippen LogP contribution in [0.25, 0.3) is 11.3 Å². The summed E-state index contributed by atoms with van der Waals surface area (Å²) in [4.78, 5) is 9.72. The quantitative estimate of drug-likeness (QED) is 0.293. The molecule has 0 spiro atoms. The van der Waals surface area contributed by atoms with Gasteiger partial charge in [0, 0.05) is 22.2 Å². The van der Waals surface area contributed by atoms with Gasteiger partial charge < -0.3 is 14.2 Å². The van der Waals surface area contributed by atoms with E-state index < -0.39 is 10.3 Å². The number of benzene rings is 2. The molecule has 1 unspecified atom stereocenters. The first-order valence-electron chi connectivity index (χ1n) is 11.0. The molecular formula is C24H24N4O4S3. The summed E-state index contributed by atoms with van der Waals surface area (Å²) in [6.45, 7) is 0. The Balaban J connectivity index is 1.38. The molecule has 1 saturated carbocycles. The van der Waals surface area contributed by atoms with Crippen molar-refractivity contribution in [1.29, 1.82) is 0 Å². The van der Waals surface area contributed by atoms with Gasteiger partial charge >= 0.3 is 10.3 Å². The maximum atomic E-state index is 11.2. The van der Waals surface area contributed by atoms with Gasteiger partial charge in [-0.15, -0.1) is 22.7 Å². The van der Waals surface area contributed by atoms with Crippen LogP contribution < -0.4 is 19.4 Å². The molecule has 0 saturated heterocycles. The lowest BCUT2D eigenvalue weighted by molar-refractivity contribution is 0.416. The predicted molar refractivity (Wildman–Crippen MR) is 138 cm³/mol. The Hall–Kier alpha value is -2.99. The van der Waals surface area contributed by atoms with Gasteiger partial charge in [-0.1, -0.05) is 24.3 Å². The van der Waals surface area contributed by atoms with Crippen molar-refractivity contribution in [2.45, 2.75) is 31.2 Å².